The van der Waals surface area contributed by atoms with E-state index < -0.39 is 8.56 Å². The zero-order valence-electron chi connectivity index (χ0n) is 14.2. The Morgan fingerprint density at radius 3 is 2.00 bits per heavy atom. The van der Waals surface area contributed by atoms with Gasteiger partial charge >= 0.3 is 8.56 Å². The Balaban J connectivity index is 2.23. The van der Waals surface area contributed by atoms with Gasteiger partial charge in [0.05, 0.1) is 0 Å². The molecule has 0 aromatic carbocycles. The summed E-state index contributed by atoms with van der Waals surface area (Å²) in [6.07, 6.45) is 10.7. The zero-order valence-corrected chi connectivity index (χ0v) is 15.2. The van der Waals surface area contributed by atoms with Crippen LogP contribution in [0.1, 0.15) is 72.1 Å². The van der Waals surface area contributed by atoms with E-state index in [-0.39, 0.29) is 0 Å². The maximum absolute atomic E-state index is 6.25. The van der Waals surface area contributed by atoms with E-state index in [0.29, 0.717) is 16.5 Å². The van der Waals surface area contributed by atoms with Gasteiger partial charge in [0.2, 0.25) is 0 Å². The standard InChI is InChI=1S/C17H34O2Si/c1-14-9-11-15(12-10-14)20(18-4,19-5)16-8-6-7-13-17(16,2)3/h14-16H,6-13H2,1-5H3. The molecule has 0 aliphatic heterocycles. The Hall–Kier alpha value is 0.137. The third kappa shape index (κ3) is 3.00. The van der Waals surface area contributed by atoms with Crippen molar-refractivity contribution < 1.29 is 8.85 Å². The van der Waals surface area contributed by atoms with Crippen LogP contribution >= 0.6 is 0 Å². The minimum Gasteiger partial charge on any atom is -0.397 e. The molecule has 2 aliphatic carbocycles. The molecule has 0 spiro atoms. The second-order valence-corrected chi connectivity index (χ2v) is 11.6. The van der Waals surface area contributed by atoms with Crippen LogP contribution in [-0.4, -0.2) is 22.8 Å². The van der Waals surface area contributed by atoms with Gasteiger partial charge in [0.15, 0.2) is 0 Å². The highest BCUT2D eigenvalue weighted by Gasteiger charge is 2.56. The fourth-order valence-electron chi connectivity index (χ4n) is 4.89. The number of hydrogen-bond acceptors (Lipinski definition) is 2. The van der Waals surface area contributed by atoms with Crippen molar-refractivity contribution in [3.05, 3.63) is 0 Å². The van der Waals surface area contributed by atoms with Crippen LogP contribution in [0.3, 0.4) is 0 Å². The molecule has 2 saturated carbocycles. The molecule has 20 heavy (non-hydrogen) atoms. The van der Waals surface area contributed by atoms with Gasteiger partial charge in [-0.3, -0.25) is 0 Å². The van der Waals surface area contributed by atoms with Crippen molar-refractivity contribution in [2.24, 2.45) is 11.3 Å². The molecule has 2 rings (SSSR count). The molecule has 0 saturated heterocycles. The molecule has 2 fully saturated rings. The minimum atomic E-state index is -2.11. The molecule has 2 aliphatic rings. The maximum atomic E-state index is 6.25. The van der Waals surface area contributed by atoms with E-state index >= 15 is 0 Å². The summed E-state index contributed by atoms with van der Waals surface area (Å²) in [6, 6.07) is 0. The molecule has 0 aromatic rings. The van der Waals surface area contributed by atoms with Crippen LogP contribution in [0, 0.1) is 11.3 Å². The molecule has 0 bridgehead atoms. The fourth-order valence-corrected chi connectivity index (χ4v) is 9.84. The van der Waals surface area contributed by atoms with Crippen molar-refractivity contribution in [2.75, 3.05) is 14.2 Å². The summed E-state index contributed by atoms with van der Waals surface area (Å²) in [4.78, 5) is 0. The van der Waals surface area contributed by atoms with Crippen LogP contribution in [0.25, 0.3) is 0 Å². The van der Waals surface area contributed by atoms with E-state index in [1.807, 2.05) is 14.2 Å². The first-order valence-corrected chi connectivity index (χ1v) is 10.5. The van der Waals surface area contributed by atoms with Crippen LogP contribution < -0.4 is 0 Å². The first kappa shape index (κ1) is 16.5. The van der Waals surface area contributed by atoms with E-state index in [0.717, 1.165) is 5.92 Å². The maximum Gasteiger partial charge on any atom is 0.344 e. The summed E-state index contributed by atoms with van der Waals surface area (Å²) in [6.45, 7) is 7.29. The van der Waals surface area contributed by atoms with Crippen molar-refractivity contribution in [3.8, 4) is 0 Å². The first-order chi connectivity index (χ1) is 9.46. The molecule has 0 amide bonds. The molecular formula is C17H34O2Si. The van der Waals surface area contributed by atoms with Gasteiger partial charge < -0.3 is 8.85 Å². The molecule has 0 aromatic heterocycles. The van der Waals surface area contributed by atoms with E-state index in [2.05, 4.69) is 20.8 Å². The zero-order chi connectivity index (χ0) is 14.8. The van der Waals surface area contributed by atoms with Gasteiger partial charge in [0, 0.05) is 25.3 Å². The van der Waals surface area contributed by atoms with Crippen molar-refractivity contribution >= 4 is 8.56 Å². The largest absolute Gasteiger partial charge is 0.397 e. The number of rotatable bonds is 4. The van der Waals surface area contributed by atoms with Gasteiger partial charge in [-0.15, -0.1) is 0 Å². The Kier molecular flexibility index (Phi) is 5.36. The normalized spacial score (nSPS) is 35.0. The van der Waals surface area contributed by atoms with Crippen molar-refractivity contribution in [1.82, 2.24) is 0 Å². The van der Waals surface area contributed by atoms with Crippen LogP contribution in [0.15, 0.2) is 0 Å². The molecule has 0 heterocycles. The van der Waals surface area contributed by atoms with Crippen LogP contribution in [0.4, 0.5) is 0 Å². The molecule has 0 radical (unpaired) electrons. The third-order valence-corrected chi connectivity index (χ3v) is 11.2. The first-order valence-electron chi connectivity index (χ1n) is 8.56. The summed E-state index contributed by atoms with van der Waals surface area (Å²) < 4.78 is 12.5. The average Bonchev–Trinajstić information content (AvgIpc) is 2.43. The molecular weight excluding hydrogens is 264 g/mol. The summed E-state index contributed by atoms with van der Waals surface area (Å²) >= 11 is 0. The van der Waals surface area contributed by atoms with Gasteiger partial charge in [-0.25, -0.2) is 0 Å². The lowest BCUT2D eigenvalue weighted by Gasteiger charge is -2.51. The summed E-state index contributed by atoms with van der Waals surface area (Å²) in [5, 5.41) is 0. The van der Waals surface area contributed by atoms with Crippen LogP contribution in [-0.2, 0) is 8.85 Å². The quantitative estimate of drug-likeness (QED) is 0.658. The minimum absolute atomic E-state index is 0.388. The van der Waals surface area contributed by atoms with Crippen molar-refractivity contribution in [2.45, 2.75) is 83.2 Å². The van der Waals surface area contributed by atoms with E-state index in [9.17, 15) is 0 Å². The summed E-state index contributed by atoms with van der Waals surface area (Å²) in [5.74, 6) is 0.894. The van der Waals surface area contributed by atoms with Crippen molar-refractivity contribution in [1.29, 1.82) is 0 Å². The average molecular weight is 299 g/mol. The predicted molar refractivity (Wildman–Crippen MR) is 87.2 cm³/mol. The Morgan fingerprint density at radius 1 is 0.900 bits per heavy atom. The van der Waals surface area contributed by atoms with Gasteiger partial charge in [-0.05, 0) is 37.0 Å². The second-order valence-electron chi connectivity index (χ2n) is 7.87. The van der Waals surface area contributed by atoms with Gasteiger partial charge in [-0.1, -0.05) is 46.5 Å². The predicted octanol–water partition coefficient (Wildman–Crippen LogP) is 5.27. The molecule has 0 N–H and O–H groups in total. The second kappa shape index (κ2) is 6.49. The van der Waals surface area contributed by atoms with E-state index in [1.54, 1.807) is 0 Å². The molecule has 1 atom stereocenters. The Morgan fingerprint density at radius 2 is 1.50 bits per heavy atom. The topological polar surface area (TPSA) is 18.5 Å². The highest BCUT2D eigenvalue weighted by molar-refractivity contribution is 6.70. The third-order valence-electron chi connectivity index (χ3n) is 6.22. The highest BCUT2D eigenvalue weighted by atomic mass is 28.4. The smallest absolute Gasteiger partial charge is 0.344 e. The molecule has 1 unspecified atom stereocenters. The monoisotopic (exact) mass is 298 g/mol. The lowest BCUT2D eigenvalue weighted by Crippen LogP contribution is -2.55. The van der Waals surface area contributed by atoms with Crippen LogP contribution in [0.5, 0.6) is 0 Å². The van der Waals surface area contributed by atoms with Gasteiger partial charge in [-0.2, -0.15) is 0 Å². The SMILES string of the molecule is CO[Si](OC)(C1CCC(C)CC1)C1CCCCC1(C)C. The molecule has 3 heteroatoms. The Labute approximate surface area is 126 Å². The fraction of sp³-hybridized carbons (Fsp3) is 1.00. The summed E-state index contributed by atoms with van der Waals surface area (Å²) in [7, 11) is 1.75. The van der Waals surface area contributed by atoms with Crippen LogP contribution in [0.2, 0.25) is 11.1 Å². The highest BCUT2D eigenvalue weighted by Crippen LogP contribution is 2.56. The molecule has 2 nitrogen and oxygen atoms in total. The van der Waals surface area contributed by atoms with Gasteiger partial charge in [0.1, 0.15) is 0 Å². The van der Waals surface area contributed by atoms with Gasteiger partial charge in [0.25, 0.3) is 0 Å². The number of hydrogen-bond donors (Lipinski definition) is 0. The molecule has 118 valence electrons. The van der Waals surface area contributed by atoms with Crippen molar-refractivity contribution in [3.63, 3.8) is 0 Å². The Bertz CT molecular complexity index is 304. The van der Waals surface area contributed by atoms with E-state index in [4.69, 9.17) is 8.85 Å². The lowest BCUT2D eigenvalue weighted by atomic mass is 9.77. The lowest BCUT2D eigenvalue weighted by molar-refractivity contribution is 0.138. The van der Waals surface area contributed by atoms with E-state index in [1.165, 1.54) is 51.4 Å². The summed E-state index contributed by atoms with van der Waals surface area (Å²) in [5.41, 5.74) is 1.76.